The van der Waals surface area contributed by atoms with Crippen LogP contribution in [0.4, 0.5) is 0 Å². The number of ether oxygens (including phenoxy) is 3. The maximum Gasteiger partial charge on any atom is 0.202 e. The number of hydrogen-bond acceptors (Lipinski definition) is 14. The lowest BCUT2D eigenvalue weighted by Gasteiger charge is -2.43. The Morgan fingerprint density at radius 2 is 1.57 bits per heavy atom. The molecular weight excluding hydrogens is 790 g/mol. The minimum atomic E-state index is -2.26. The molecule has 7 N–H and O–H groups in total. The van der Waals surface area contributed by atoms with Crippen molar-refractivity contribution in [2.75, 3.05) is 20.4 Å². The van der Waals surface area contributed by atoms with Crippen LogP contribution in [0.25, 0.3) is 0 Å². The molecule has 318 valence electrons. The summed E-state index contributed by atoms with van der Waals surface area (Å²) >= 11 is 0. The minimum absolute atomic E-state index is 0. The number of aryl methyl sites for hydroxylation is 2. The number of para-hydroxylation sites is 1. The van der Waals surface area contributed by atoms with Gasteiger partial charge in [0.25, 0.3) is 0 Å². The lowest BCUT2D eigenvalue weighted by molar-refractivity contribution is -0.250. The summed E-state index contributed by atoms with van der Waals surface area (Å²) in [6, 6.07) is 9.56. The number of hydrogen-bond donors (Lipinski definition) is 7. The van der Waals surface area contributed by atoms with Crippen LogP contribution in [-0.4, -0.2) is 107 Å². The lowest BCUT2D eigenvalue weighted by atomic mass is 9.72. The van der Waals surface area contributed by atoms with Gasteiger partial charge in [-0.3, -0.25) is 19.7 Å². The summed E-state index contributed by atoms with van der Waals surface area (Å²) in [7, 11) is -0.778. The fraction of sp³-hybridized carbons (Fsp3) is 0.500. The number of nitrogens with one attached hydrogen (secondary N) is 1. The average molecular weight is 846 g/mol. The number of Topliss-reactive ketones (excluding diaryl/α,β-unsaturated/α-hetero) is 1. The van der Waals surface area contributed by atoms with E-state index in [9.17, 15) is 45.0 Å². The lowest BCUT2D eigenvalue weighted by Crippen LogP contribution is -2.56. The summed E-state index contributed by atoms with van der Waals surface area (Å²) in [4.78, 5) is 40.4. The number of carbonyl (C=O) groups is 3. The molecule has 2 aliphatic carbocycles. The van der Waals surface area contributed by atoms with Crippen molar-refractivity contribution in [1.82, 2.24) is 5.32 Å². The van der Waals surface area contributed by atoms with Gasteiger partial charge in [0.1, 0.15) is 35.2 Å². The quantitative estimate of drug-likeness (QED) is 0.0667. The highest BCUT2D eigenvalue weighted by atomic mass is 35.5. The first-order valence-electron chi connectivity index (χ1n) is 18.9. The van der Waals surface area contributed by atoms with Gasteiger partial charge in [0.2, 0.25) is 5.78 Å². The van der Waals surface area contributed by atoms with Crippen LogP contribution in [0.5, 0.6) is 23.0 Å². The number of carbonyl (C=O) groups excluding carboxylic acids is 3. The topological polar surface area (TPSA) is 222 Å². The van der Waals surface area contributed by atoms with E-state index in [0.717, 1.165) is 11.1 Å². The van der Waals surface area contributed by atoms with Crippen LogP contribution in [0.3, 0.4) is 0 Å². The fourth-order valence-electron chi connectivity index (χ4n) is 7.27. The number of rotatable bonds is 9. The summed E-state index contributed by atoms with van der Waals surface area (Å²) in [5, 5.41) is 67.8. The number of fused-ring (bicyclic) bond motifs is 3. The van der Waals surface area contributed by atoms with Crippen molar-refractivity contribution in [3.05, 3.63) is 80.9 Å². The highest BCUT2D eigenvalue weighted by Gasteiger charge is 2.50. The molecule has 0 saturated carbocycles. The Hall–Kier alpha value is -3.90. The van der Waals surface area contributed by atoms with Crippen LogP contribution in [0.2, 0.25) is 18.1 Å². The molecule has 14 nitrogen and oxygen atoms in total. The number of methoxy groups -OCH3 is 1. The van der Waals surface area contributed by atoms with Crippen molar-refractivity contribution in [2.24, 2.45) is 0 Å². The van der Waals surface area contributed by atoms with Gasteiger partial charge in [0.15, 0.2) is 26.2 Å². The van der Waals surface area contributed by atoms with Crippen LogP contribution < -0.4 is 10.1 Å². The zero-order valence-corrected chi connectivity index (χ0v) is 36.2. The second kappa shape index (κ2) is 17.8. The van der Waals surface area contributed by atoms with Crippen LogP contribution in [0, 0.1) is 13.8 Å². The van der Waals surface area contributed by atoms with Crippen LogP contribution in [0.1, 0.15) is 101 Å². The minimum Gasteiger partial charge on any atom is -0.507 e. The van der Waals surface area contributed by atoms with E-state index in [0.29, 0.717) is 5.75 Å². The zero-order chi connectivity index (χ0) is 42.4. The molecule has 1 fully saturated rings. The molecule has 6 rings (SSSR count). The third kappa shape index (κ3) is 8.83. The van der Waals surface area contributed by atoms with Gasteiger partial charge in [-0.2, -0.15) is 0 Å². The number of halogens is 1. The van der Waals surface area contributed by atoms with Gasteiger partial charge in [0, 0.05) is 42.0 Å². The Bertz CT molecular complexity index is 2030. The molecule has 1 aliphatic heterocycles. The van der Waals surface area contributed by atoms with E-state index in [1.807, 2.05) is 32.0 Å². The van der Waals surface area contributed by atoms with E-state index in [1.165, 1.54) is 25.3 Å². The maximum absolute atomic E-state index is 13.9. The Morgan fingerprint density at radius 3 is 2.14 bits per heavy atom. The molecule has 4 unspecified atom stereocenters. The smallest absolute Gasteiger partial charge is 0.202 e. The van der Waals surface area contributed by atoms with E-state index >= 15 is 0 Å². The molecule has 0 bridgehead atoms. The van der Waals surface area contributed by atoms with Crippen molar-refractivity contribution in [3.8, 4) is 23.0 Å². The Labute approximate surface area is 345 Å². The third-order valence-corrected chi connectivity index (χ3v) is 16.3. The first kappa shape index (κ1) is 46.8. The predicted octanol–water partition coefficient (Wildman–Crippen LogP) is 5.04. The number of phenolic OH excluding ortho intramolecular Hbond substituents is 3. The summed E-state index contributed by atoms with van der Waals surface area (Å²) in [6.07, 6.45) is -5.05. The SMILES string of the molecule is COc1cccc2c1C(=O)c1c(O)c3c(c(O)c1C2=O)C[C@@](O)(C(=O)CO)C[C@@H]3OC1CC(NCO[Si](C)(C)C(C)(C)C)C(O)C(C)O1.Cc1cccc(C)c1O.Cl. The molecule has 0 aromatic heterocycles. The largest absolute Gasteiger partial charge is 0.507 e. The second-order valence-corrected chi connectivity index (χ2v) is 21.4. The highest BCUT2D eigenvalue weighted by molar-refractivity contribution is 6.74. The molecule has 1 saturated heterocycles. The number of phenols is 3. The molecule has 3 aliphatic rings. The average Bonchev–Trinajstić information content (AvgIpc) is 3.14. The number of aliphatic hydroxyl groups excluding tert-OH is 2. The molecule has 0 radical (unpaired) electrons. The van der Waals surface area contributed by atoms with Crippen molar-refractivity contribution in [3.63, 3.8) is 0 Å². The molecule has 3 aromatic carbocycles. The Morgan fingerprint density at radius 1 is 0.966 bits per heavy atom. The zero-order valence-electron chi connectivity index (χ0n) is 34.3. The van der Waals surface area contributed by atoms with Gasteiger partial charge >= 0.3 is 0 Å². The summed E-state index contributed by atoms with van der Waals surface area (Å²) in [5.41, 5.74) is -1.74. The number of ketones is 3. The summed E-state index contributed by atoms with van der Waals surface area (Å²) in [5.74, 6) is -3.33. The number of aliphatic hydroxyl groups is 3. The molecule has 3 aromatic rings. The van der Waals surface area contributed by atoms with Gasteiger partial charge in [-0.05, 0) is 56.1 Å². The van der Waals surface area contributed by atoms with E-state index in [4.69, 9.17) is 18.6 Å². The van der Waals surface area contributed by atoms with Crippen molar-refractivity contribution < 1.29 is 63.7 Å². The van der Waals surface area contributed by atoms with Gasteiger partial charge in [-0.25, -0.2) is 0 Å². The van der Waals surface area contributed by atoms with Gasteiger partial charge in [0.05, 0.1) is 48.8 Å². The monoisotopic (exact) mass is 845 g/mol. The molecule has 16 heteroatoms. The molecule has 6 atom stereocenters. The predicted molar refractivity (Wildman–Crippen MR) is 219 cm³/mol. The molecule has 0 amide bonds. The van der Waals surface area contributed by atoms with Gasteiger partial charge in [-0.1, -0.05) is 51.1 Å². The Balaban J connectivity index is 0.000000657. The summed E-state index contributed by atoms with van der Waals surface area (Å²) in [6.45, 7) is 15.1. The van der Waals surface area contributed by atoms with E-state index < -0.39 is 104 Å². The molecule has 58 heavy (non-hydrogen) atoms. The highest BCUT2D eigenvalue weighted by Crippen LogP contribution is 2.52. The van der Waals surface area contributed by atoms with E-state index in [1.54, 1.807) is 6.92 Å². The van der Waals surface area contributed by atoms with Crippen LogP contribution >= 0.6 is 12.4 Å². The molecule has 1 heterocycles. The van der Waals surface area contributed by atoms with E-state index in [2.05, 4.69) is 39.2 Å². The van der Waals surface area contributed by atoms with Gasteiger partial charge < -0.3 is 49.3 Å². The second-order valence-electron chi connectivity index (χ2n) is 16.6. The van der Waals surface area contributed by atoms with Crippen molar-refractivity contribution in [2.45, 2.75) is 115 Å². The van der Waals surface area contributed by atoms with Crippen LogP contribution in [-0.2, 0) is 25.1 Å². The first-order valence-corrected chi connectivity index (χ1v) is 21.8. The number of benzene rings is 3. The van der Waals surface area contributed by atoms with Crippen LogP contribution in [0.15, 0.2) is 36.4 Å². The van der Waals surface area contributed by atoms with Crippen molar-refractivity contribution >= 4 is 38.1 Å². The first-order chi connectivity index (χ1) is 26.6. The normalized spacial score (nSPS) is 24.0. The standard InChI is InChI=1S/C34H45NO12Si.C8H10O.ClH/c1-16-28(38)19(35-15-45-48(6,7)33(2,3)4)11-23(46-16)47-21-13-34(43,22(37)14-36)12-18-25(21)32(42)27-26(30(18)40)29(39)17-9-8-10-20(44-5)24(17)31(27)41;1-6-4-3-5-7(2)8(6)9;/h8-10,16,19,21,23,28,35-36,38,40,42-43H,11-15H2,1-7H3;3-5,9H,1-2H3;1H/t16?,19?,21-,23?,28?,34-;;/m0../s1. The molecule has 0 spiro atoms. The van der Waals surface area contributed by atoms with Gasteiger partial charge in [-0.15, -0.1) is 12.4 Å². The molecular formula is C42H56ClNO13Si. The van der Waals surface area contributed by atoms with E-state index in [-0.39, 0.29) is 58.6 Å². The maximum atomic E-state index is 13.9. The number of aromatic hydroxyl groups is 3. The van der Waals surface area contributed by atoms with Crippen molar-refractivity contribution in [1.29, 1.82) is 0 Å². The Kier molecular flexibility index (Phi) is 14.3. The summed E-state index contributed by atoms with van der Waals surface area (Å²) < 4.78 is 23.8. The fourth-order valence-corrected chi connectivity index (χ4v) is 8.15. The third-order valence-electron chi connectivity index (χ3n) is 11.8.